The van der Waals surface area contributed by atoms with E-state index >= 15 is 0 Å². The predicted octanol–water partition coefficient (Wildman–Crippen LogP) is -5.76. The number of ether oxygens (including phenoxy) is 2. The van der Waals surface area contributed by atoms with Crippen molar-refractivity contribution < 1.29 is 55.4 Å². The smallest absolute Gasteiger partial charge is 0.187 e. The topological polar surface area (TPSA) is 201 Å². The van der Waals surface area contributed by atoms with Crippen LogP contribution >= 0.6 is 0 Å². The molecule has 0 aliphatic carbocycles. The maximum atomic E-state index is 9.83. The van der Waals surface area contributed by atoms with Crippen LogP contribution in [-0.2, 0) is 9.47 Å². The second-order valence-electron chi connectivity index (χ2n) is 5.29. The number of hydrogen-bond acceptors (Lipinski definition) is 11. The lowest BCUT2D eigenvalue weighted by Crippen LogP contribution is -2.61. The van der Waals surface area contributed by atoms with Crippen LogP contribution in [0.1, 0.15) is 0 Å². The predicted molar refractivity (Wildman–Crippen MR) is 70.8 cm³/mol. The van der Waals surface area contributed by atoms with Gasteiger partial charge in [-0.3, -0.25) is 0 Å². The molecule has 0 saturated carbocycles. The minimum Gasteiger partial charge on any atom is -0.394 e. The molecule has 9 N–H and O–H groups in total. The third-order valence-electron chi connectivity index (χ3n) is 3.62. The third kappa shape index (κ3) is 4.78. The van der Waals surface area contributed by atoms with Crippen LogP contribution in [0.25, 0.3) is 0 Å². The third-order valence-corrected chi connectivity index (χ3v) is 3.62. The standard InChI is InChI=1S/C12H24O11/c13-1-4(16)7(18)11(5(17)2-14)23-12-10(21)9(20)8(19)6(3-15)22-12/h4-21H,1-3H2/t4-,5-,6+,7+,8+,9-,10+,11+,12-/m0/s1. The first-order chi connectivity index (χ1) is 10.8. The summed E-state index contributed by atoms with van der Waals surface area (Å²) in [6, 6.07) is 0. The van der Waals surface area contributed by atoms with Crippen LogP contribution in [0.4, 0.5) is 0 Å². The molecular formula is C12H24O11. The van der Waals surface area contributed by atoms with Crippen molar-refractivity contribution in [3.05, 3.63) is 0 Å². The van der Waals surface area contributed by atoms with Gasteiger partial charge in [-0.05, 0) is 0 Å². The molecular weight excluding hydrogens is 320 g/mol. The molecule has 9 atom stereocenters. The van der Waals surface area contributed by atoms with E-state index < -0.39 is 74.9 Å². The van der Waals surface area contributed by atoms with Gasteiger partial charge in [0.15, 0.2) is 6.29 Å². The first-order valence-electron chi connectivity index (χ1n) is 7.00. The Hall–Kier alpha value is -0.440. The van der Waals surface area contributed by atoms with Crippen LogP contribution in [-0.4, -0.2) is 121 Å². The van der Waals surface area contributed by atoms with Gasteiger partial charge in [0.05, 0.1) is 19.8 Å². The van der Waals surface area contributed by atoms with Crippen molar-refractivity contribution in [2.75, 3.05) is 19.8 Å². The SMILES string of the molecule is OC[C@H](O)[C@@H](O)[C@H](O[C@@H]1O[C@H](CO)[C@@H](O)[C@H](O)[C@H]1O)[C@@H](O)CO. The molecule has 0 aromatic heterocycles. The summed E-state index contributed by atoms with van der Waals surface area (Å²) in [5, 5.41) is 84.9. The van der Waals surface area contributed by atoms with Gasteiger partial charge in [-0.15, -0.1) is 0 Å². The molecule has 0 aromatic carbocycles. The van der Waals surface area contributed by atoms with Crippen molar-refractivity contribution in [1.82, 2.24) is 0 Å². The van der Waals surface area contributed by atoms with E-state index in [9.17, 15) is 30.6 Å². The van der Waals surface area contributed by atoms with E-state index in [2.05, 4.69) is 0 Å². The van der Waals surface area contributed by atoms with Gasteiger partial charge < -0.3 is 55.4 Å². The highest BCUT2D eigenvalue weighted by molar-refractivity contribution is 4.91. The first kappa shape index (κ1) is 20.6. The fourth-order valence-corrected chi connectivity index (χ4v) is 2.16. The van der Waals surface area contributed by atoms with Gasteiger partial charge in [0, 0.05) is 0 Å². The van der Waals surface area contributed by atoms with Gasteiger partial charge >= 0.3 is 0 Å². The first-order valence-corrected chi connectivity index (χ1v) is 7.00. The monoisotopic (exact) mass is 344 g/mol. The molecule has 11 nitrogen and oxygen atoms in total. The largest absolute Gasteiger partial charge is 0.394 e. The lowest BCUT2D eigenvalue weighted by Gasteiger charge is -2.42. The molecule has 0 bridgehead atoms. The highest BCUT2D eigenvalue weighted by Gasteiger charge is 2.46. The van der Waals surface area contributed by atoms with E-state index in [-0.39, 0.29) is 0 Å². The summed E-state index contributed by atoms with van der Waals surface area (Å²) >= 11 is 0. The van der Waals surface area contributed by atoms with Crippen LogP contribution in [0.3, 0.4) is 0 Å². The Morgan fingerprint density at radius 2 is 1.39 bits per heavy atom. The quantitative estimate of drug-likeness (QED) is 0.203. The number of aliphatic hydroxyl groups excluding tert-OH is 9. The van der Waals surface area contributed by atoms with Crippen molar-refractivity contribution in [3.8, 4) is 0 Å². The summed E-state index contributed by atoms with van der Waals surface area (Å²) in [6.07, 6.45) is -15.1. The highest BCUT2D eigenvalue weighted by Crippen LogP contribution is 2.24. The summed E-state index contributed by atoms with van der Waals surface area (Å²) in [5.74, 6) is 0. The molecule has 23 heavy (non-hydrogen) atoms. The minimum atomic E-state index is -1.85. The Labute approximate surface area is 131 Å². The van der Waals surface area contributed by atoms with E-state index in [1.54, 1.807) is 0 Å². The molecule has 1 saturated heterocycles. The second-order valence-corrected chi connectivity index (χ2v) is 5.29. The Balaban J connectivity index is 2.89. The molecule has 138 valence electrons. The molecule has 1 aliphatic rings. The molecule has 0 aromatic rings. The normalized spacial score (nSPS) is 37.2. The molecule has 0 radical (unpaired) electrons. The van der Waals surface area contributed by atoms with Crippen LogP contribution in [0.5, 0.6) is 0 Å². The number of aliphatic hydroxyl groups is 9. The summed E-state index contributed by atoms with van der Waals surface area (Å²) in [4.78, 5) is 0. The zero-order chi connectivity index (χ0) is 17.7. The van der Waals surface area contributed by atoms with Crippen molar-refractivity contribution in [3.63, 3.8) is 0 Å². The van der Waals surface area contributed by atoms with Crippen molar-refractivity contribution in [1.29, 1.82) is 0 Å². The average Bonchev–Trinajstić information content (AvgIpc) is 2.57. The van der Waals surface area contributed by atoms with E-state index in [0.29, 0.717) is 0 Å². The Morgan fingerprint density at radius 3 is 1.87 bits per heavy atom. The van der Waals surface area contributed by atoms with Crippen molar-refractivity contribution in [2.45, 2.75) is 55.1 Å². The fraction of sp³-hybridized carbons (Fsp3) is 1.00. The summed E-state index contributed by atoms with van der Waals surface area (Å²) in [5.41, 5.74) is 0. The molecule has 1 fully saturated rings. The van der Waals surface area contributed by atoms with Gasteiger partial charge in [-0.1, -0.05) is 0 Å². The van der Waals surface area contributed by atoms with Gasteiger partial charge in [0.25, 0.3) is 0 Å². The van der Waals surface area contributed by atoms with Crippen molar-refractivity contribution >= 4 is 0 Å². The average molecular weight is 344 g/mol. The maximum absolute atomic E-state index is 9.83. The molecule has 1 heterocycles. The number of hydrogen-bond donors (Lipinski definition) is 9. The minimum absolute atomic E-state index is 0.708. The highest BCUT2D eigenvalue weighted by atomic mass is 16.7. The van der Waals surface area contributed by atoms with Gasteiger partial charge in [-0.25, -0.2) is 0 Å². The van der Waals surface area contributed by atoms with Crippen LogP contribution < -0.4 is 0 Å². The van der Waals surface area contributed by atoms with Crippen LogP contribution in [0.15, 0.2) is 0 Å². The zero-order valence-electron chi connectivity index (χ0n) is 12.2. The molecule has 11 heteroatoms. The Bertz CT molecular complexity index is 341. The molecule has 0 amide bonds. The number of rotatable bonds is 8. The van der Waals surface area contributed by atoms with Crippen molar-refractivity contribution in [2.24, 2.45) is 0 Å². The van der Waals surface area contributed by atoms with Gasteiger partial charge in [0.2, 0.25) is 0 Å². The maximum Gasteiger partial charge on any atom is 0.187 e. The zero-order valence-corrected chi connectivity index (χ0v) is 12.2. The Morgan fingerprint density at radius 1 is 0.826 bits per heavy atom. The summed E-state index contributed by atoms with van der Waals surface area (Å²) in [6.45, 7) is -2.45. The van der Waals surface area contributed by atoms with E-state index in [1.165, 1.54) is 0 Å². The molecule has 0 unspecified atom stereocenters. The van der Waals surface area contributed by atoms with Crippen LogP contribution in [0.2, 0.25) is 0 Å². The van der Waals surface area contributed by atoms with E-state index in [1.807, 2.05) is 0 Å². The lowest BCUT2D eigenvalue weighted by molar-refractivity contribution is -0.327. The molecule has 1 aliphatic heterocycles. The van der Waals surface area contributed by atoms with E-state index in [4.69, 9.17) is 24.8 Å². The second kappa shape index (κ2) is 9.15. The Kier molecular flexibility index (Phi) is 8.20. The van der Waals surface area contributed by atoms with Crippen LogP contribution in [0, 0.1) is 0 Å². The fourth-order valence-electron chi connectivity index (χ4n) is 2.16. The lowest BCUT2D eigenvalue weighted by atomic mass is 9.98. The van der Waals surface area contributed by atoms with E-state index in [0.717, 1.165) is 0 Å². The summed E-state index contributed by atoms with van der Waals surface area (Å²) in [7, 11) is 0. The molecule has 1 rings (SSSR count). The molecule has 0 spiro atoms. The summed E-state index contributed by atoms with van der Waals surface area (Å²) < 4.78 is 10.1. The van der Waals surface area contributed by atoms with Gasteiger partial charge in [-0.2, -0.15) is 0 Å². The van der Waals surface area contributed by atoms with Gasteiger partial charge in [0.1, 0.15) is 48.8 Å².